The fourth-order valence-electron chi connectivity index (χ4n) is 2.39. The maximum absolute atomic E-state index is 12.3. The van der Waals surface area contributed by atoms with Crippen LogP contribution >= 0.6 is 11.6 Å². The van der Waals surface area contributed by atoms with Crippen LogP contribution in [-0.2, 0) is 4.74 Å². The van der Waals surface area contributed by atoms with Crippen molar-refractivity contribution in [2.24, 2.45) is 0 Å². The van der Waals surface area contributed by atoms with Gasteiger partial charge in [-0.1, -0.05) is 11.6 Å². The Kier molecular flexibility index (Phi) is 4.73. The summed E-state index contributed by atoms with van der Waals surface area (Å²) < 4.78 is 4.67. The molecule has 1 aromatic rings. The maximum Gasteiger partial charge on any atom is 0.409 e. The first-order chi connectivity index (χ1) is 9.92. The second-order valence-corrected chi connectivity index (χ2v) is 5.70. The molecule has 0 aromatic heterocycles. The predicted octanol–water partition coefficient (Wildman–Crippen LogP) is 2.53. The predicted molar refractivity (Wildman–Crippen MR) is 80.8 cm³/mol. The quantitative estimate of drug-likeness (QED) is 0.913. The number of nitrogens with one attached hydrogen (secondary N) is 1. The minimum absolute atomic E-state index is 0.0747. The molecule has 0 saturated carbocycles. The summed E-state index contributed by atoms with van der Waals surface area (Å²) >= 11 is 6.14. The van der Waals surface area contributed by atoms with Crippen molar-refractivity contribution in [2.75, 3.05) is 20.2 Å². The summed E-state index contributed by atoms with van der Waals surface area (Å²) in [6, 6.07) is 3.51. The Morgan fingerprint density at radius 3 is 2.67 bits per heavy atom. The lowest BCUT2D eigenvalue weighted by Crippen LogP contribution is -2.38. The van der Waals surface area contributed by atoms with Crippen molar-refractivity contribution in [3.8, 4) is 0 Å². The number of amides is 2. The molecular weight excluding hydrogens is 292 g/mol. The topological polar surface area (TPSA) is 58.6 Å². The molecule has 1 atom stereocenters. The van der Waals surface area contributed by atoms with E-state index in [1.807, 2.05) is 13.8 Å². The molecule has 1 aliphatic rings. The third-order valence-corrected chi connectivity index (χ3v) is 4.10. The number of benzene rings is 1. The Bertz CT molecular complexity index is 574. The smallest absolute Gasteiger partial charge is 0.409 e. The monoisotopic (exact) mass is 310 g/mol. The first-order valence-electron chi connectivity index (χ1n) is 6.83. The van der Waals surface area contributed by atoms with Crippen molar-refractivity contribution in [1.29, 1.82) is 0 Å². The highest BCUT2D eigenvalue weighted by molar-refractivity contribution is 6.34. The van der Waals surface area contributed by atoms with Crippen LogP contribution in [0.25, 0.3) is 0 Å². The van der Waals surface area contributed by atoms with Crippen molar-refractivity contribution >= 4 is 23.6 Å². The molecular formula is C15H19ClN2O3. The van der Waals surface area contributed by atoms with Crippen LogP contribution in [0.2, 0.25) is 5.02 Å². The average Bonchev–Trinajstić information content (AvgIpc) is 2.90. The van der Waals surface area contributed by atoms with Gasteiger partial charge in [0.25, 0.3) is 5.91 Å². The number of likely N-dealkylation sites (tertiary alicyclic amines) is 1. The number of methoxy groups -OCH3 is 1. The summed E-state index contributed by atoms with van der Waals surface area (Å²) in [6.45, 7) is 4.93. The van der Waals surface area contributed by atoms with Gasteiger partial charge in [-0.15, -0.1) is 0 Å². The van der Waals surface area contributed by atoms with E-state index in [2.05, 4.69) is 10.1 Å². The molecule has 2 amide bonds. The number of hydrogen-bond acceptors (Lipinski definition) is 3. The molecule has 6 heteroatoms. The van der Waals surface area contributed by atoms with Gasteiger partial charge in [0, 0.05) is 19.1 Å². The van der Waals surface area contributed by atoms with Crippen LogP contribution in [0.1, 0.15) is 27.9 Å². The third kappa shape index (κ3) is 3.47. The van der Waals surface area contributed by atoms with Crippen molar-refractivity contribution in [2.45, 2.75) is 26.3 Å². The molecule has 0 bridgehead atoms. The van der Waals surface area contributed by atoms with E-state index in [0.29, 0.717) is 30.1 Å². The van der Waals surface area contributed by atoms with Crippen LogP contribution in [0.5, 0.6) is 0 Å². The SMILES string of the molecule is COC(=O)N1CC[C@@H](NC(=O)c2cc(C)c(C)cc2Cl)C1. The molecule has 1 saturated heterocycles. The highest BCUT2D eigenvalue weighted by Gasteiger charge is 2.28. The van der Waals surface area contributed by atoms with Gasteiger partial charge in [0.15, 0.2) is 0 Å². The molecule has 1 aromatic carbocycles. The maximum atomic E-state index is 12.3. The molecule has 1 N–H and O–H groups in total. The zero-order chi connectivity index (χ0) is 15.6. The van der Waals surface area contributed by atoms with Gasteiger partial charge in [-0.05, 0) is 43.5 Å². The fourth-order valence-corrected chi connectivity index (χ4v) is 2.70. The first-order valence-corrected chi connectivity index (χ1v) is 7.20. The van der Waals surface area contributed by atoms with E-state index in [1.165, 1.54) is 7.11 Å². The van der Waals surface area contributed by atoms with Gasteiger partial charge in [0.1, 0.15) is 0 Å². The summed E-state index contributed by atoms with van der Waals surface area (Å²) in [6.07, 6.45) is 0.347. The minimum Gasteiger partial charge on any atom is -0.453 e. The van der Waals surface area contributed by atoms with E-state index >= 15 is 0 Å². The average molecular weight is 311 g/mol. The molecule has 0 radical (unpaired) electrons. The molecule has 5 nitrogen and oxygen atoms in total. The van der Waals surface area contributed by atoms with Crippen LogP contribution < -0.4 is 5.32 Å². The number of carbonyl (C=O) groups is 2. The number of nitrogens with zero attached hydrogens (tertiary/aromatic N) is 1. The number of halogens is 1. The Balaban J connectivity index is 2.03. The Morgan fingerprint density at radius 2 is 2.00 bits per heavy atom. The lowest BCUT2D eigenvalue weighted by atomic mass is 10.1. The van der Waals surface area contributed by atoms with Crippen molar-refractivity contribution < 1.29 is 14.3 Å². The van der Waals surface area contributed by atoms with Crippen molar-refractivity contribution in [3.05, 3.63) is 33.8 Å². The van der Waals surface area contributed by atoms with E-state index < -0.39 is 0 Å². The second-order valence-electron chi connectivity index (χ2n) is 5.29. The highest BCUT2D eigenvalue weighted by atomic mass is 35.5. The molecule has 0 aliphatic carbocycles. The van der Waals surface area contributed by atoms with E-state index in [-0.39, 0.29) is 18.0 Å². The summed E-state index contributed by atoms with van der Waals surface area (Å²) in [5.74, 6) is -0.209. The van der Waals surface area contributed by atoms with E-state index in [1.54, 1.807) is 17.0 Å². The highest BCUT2D eigenvalue weighted by Crippen LogP contribution is 2.21. The minimum atomic E-state index is -0.365. The van der Waals surface area contributed by atoms with E-state index in [4.69, 9.17) is 11.6 Å². The molecule has 0 unspecified atom stereocenters. The Morgan fingerprint density at radius 1 is 1.33 bits per heavy atom. The molecule has 1 aliphatic heterocycles. The van der Waals surface area contributed by atoms with Gasteiger partial charge in [0.2, 0.25) is 0 Å². The van der Waals surface area contributed by atoms with Crippen LogP contribution in [0, 0.1) is 13.8 Å². The number of ether oxygens (including phenoxy) is 1. The van der Waals surface area contributed by atoms with Gasteiger partial charge in [-0.2, -0.15) is 0 Å². The molecule has 0 spiro atoms. The zero-order valence-electron chi connectivity index (χ0n) is 12.4. The van der Waals surface area contributed by atoms with Gasteiger partial charge in [0.05, 0.1) is 17.7 Å². The first kappa shape index (κ1) is 15.6. The van der Waals surface area contributed by atoms with Crippen LogP contribution in [0.15, 0.2) is 12.1 Å². The molecule has 1 fully saturated rings. The van der Waals surface area contributed by atoms with E-state index in [0.717, 1.165) is 11.1 Å². The fraction of sp³-hybridized carbons (Fsp3) is 0.467. The number of hydrogen-bond donors (Lipinski definition) is 1. The summed E-state index contributed by atoms with van der Waals surface area (Å²) in [5.41, 5.74) is 2.54. The van der Waals surface area contributed by atoms with E-state index in [9.17, 15) is 9.59 Å². The Labute approximate surface area is 129 Å². The Hall–Kier alpha value is -1.75. The third-order valence-electron chi connectivity index (χ3n) is 3.78. The summed E-state index contributed by atoms with van der Waals surface area (Å²) in [5, 5.41) is 3.36. The molecule has 1 heterocycles. The lowest BCUT2D eigenvalue weighted by Gasteiger charge is -2.16. The second kappa shape index (κ2) is 6.35. The standard InChI is InChI=1S/C15H19ClN2O3/c1-9-6-12(13(16)7-10(9)2)14(19)17-11-4-5-18(8-11)15(20)21-3/h6-7,11H,4-5,8H2,1-3H3,(H,17,19)/t11-/m1/s1. The number of rotatable bonds is 2. The van der Waals surface area contributed by atoms with Crippen LogP contribution in [0.4, 0.5) is 4.79 Å². The zero-order valence-corrected chi connectivity index (χ0v) is 13.2. The summed E-state index contributed by atoms with van der Waals surface area (Å²) in [7, 11) is 1.35. The van der Waals surface area contributed by atoms with Crippen LogP contribution in [0.3, 0.4) is 0 Å². The summed E-state index contributed by atoms with van der Waals surface area (Å²) in [4.78, 5) is 25.3. The largest absolute Gasteiger partial charge is 0.453 e. The van der Waals surface area contributed by atoms with Gasteiger partial charge < -0.3 is 15.0 Å². The van der Waals surface area contributed by atoms with Gasteiger partial charge in [-0.25, -0.2) is 4.79 Å². The van der Waals surface area contributed by atoms with Crippen LogP contribution in [-0.4, -0.2) is 43.1 Å². The van der Waals surface area contributed by atoms with Crippen molar-refractivity contribution in [1.82, 2.24) is 10.2 Å². The molecule has 2 rings (SSSR count). The van der Waals surface area contributed by atoms with Crippen molar-refractivity contribution in [3.63, 3.8) is 0 Å². The molecule has 114 valence electrons. The van der Waals surface area contributed by atoms with Gasteiger partial charge >= 0.3 is 6.09 Å². The molecule has 21 heavy (non-hydrogen) atoms. The van der Waals surface area contributed by atoms with Gasteiger partial charge in [-0.3, -0.25) is 4.79 Å². The normalized spacial score (nSPS) is 17.7. The number of carbonyl (C=O) groups excluding carboxylic acids is 2. The number of aryl methyl sites for hydroxylation is 2. The lowest BCUT2D eigenvalue weighted by molar-refractivity contribution is 0.0934.